The van der Waals surface area contributed by atoms with E-state index in [0.29, 0.717) is 33.8 Å². The van der Waals surface area contributed by atoms with Crippen LogP contribution in [-0.2, 0) is 21.4 Å². The largest absolute Gasteiger partial charge is 0.493 e. The van der Waals surface area contributed by atoms with Crippen LogP contribution in [-0.4, -0.2) is 21.4 Å². The van der Waals surface area contributed by atoms with Gasteiger partial charge in [0, 0.05) is 5.69 Å². The number of carbonyl (C=O) groups is 1. The summed E-state index contributed by atoms with van der Waals surface area (Å²) in [5.41, 5.74) is 1.66. The van der Waals surface area contributed by atoms with Crippen molar-refractivity contribution in [2.75, 3.05) is 12.4 Å². The molecule has 3 rings (SSSR count). The summed E-state index contributed by atoms with van der Waals surface area (Å²) in [6.07, 6.45) is 1.41. The highest BCUT2D eigenvalue weighted by Crippen LogP contribution is 2.37. The van der Waals surface area contributed by atoms with Crippen molar-refractivity contribution in [3.8, 4) is 17.6 Å². The number of primary sulfonamides is 1. The van der Waals surface area contributed by atoms with Crippen LogP contribution in [0.25, 0.3) is 6.08 Å². The Morgan fingerprint density at radius 2 is 1.82 bits per heavy atom. The van der Waals surface area contributed by atoms with Gasteiger partial charge in [-0.3, -0.25) is 4.79 Å². The fraction of sp³-hybridized carbons (Fsp3) is 0.0833. The average Bonchev–Trinajstić information content (AvgIpc) is 2.81. The SMILES string of the molecule is COc1cc(/C=C(/C#N)C(=O)Nc2ccc(S(N)(=O)=O)cc2)cc(Br)c1OCc1ccccc1. The minimum atomic E-state index is -3.85. The first kappa shape index (κ1) is 25.0. The Labute approximate surface area is 205 Å². The number of benzene rings is 3. The van der Waals surface area contributed by atoms with E-state index in [1.54, 1.807) is 12.1 Å². The standard InChI is InChI=1S/C24H20BrN3O5S/c1-32-22-13-17(12-21(25)23(22)33-15-16-5-3-2-4-6-16)11-18(14-26)24(29)28-19-7-9-20(10-8-19)34(27,30)31/h2-13H,15H2,1H3,(H,28,29)(H2,27,30,31)/b18-11-. The lowest BCUT2D eigenvalue weighted by Crippen LogP contribution is -2.14. The molecule has 0 fully saturated rings. The molecular weight excluding hydrogens is 522 g/mol. The number of hydrogen-bond donors (Lipinski definition) is 2. The lowest BCUT2D eigenvalue weighted by molar-refractivity contribution is -0.112. The van der Waals surface area contributed by atoms with Gasteiger partial charge < -0.3 is 14.8 Å². The molecule has 0 aliphatic carbocycles. The number of anilines is 1. The van der Waals surface area contributed by atoms with Crippen LogP contribution in [0.2, 0.25) is 0 Å². The number of rotatable bonds is 8. The van der Waals surface area contributed by atoms with Gasteiger partial charge in [0.2, 0.25) is 10.0 Å². The Kier molecular flexibility index (Phi) is 8.07. The quantitative estimate of drug-likeness (QED) is 0.324. The van der Waals surface area contributed by atoms with Crippen molar-refractivity contribution in [3.05, 3.63) is 87.9 Å². The van der Waals surface area contributed by atoms with E-state index in [1.165, 1.54) is 37.5 Å². The molecule has 10 heteroatoms. The maximum Gasteiger partial charge on any atom is 0.266 e. The van der Waals surface area contributed by atoms with Gasteiger partial charge in [0.25, 0.3) is 5.91 Å². The van der Waals surface area contributed by atoms with Gasteiger partial charge in [-0.1, -0.05) is 30.3 Å². The van der Waals surface area contributed by atoms with E-state index in [2.05, 4.69) is 21.2 Å². The van der Waals surface area contributed by atoms with Gasteiger partial charge in [-0.15, -0.1) is 0 Å². The van der Waals surface area contributed by atoms with Gasteiger partial charge in [0.05, 0.1) is 16.5 Å². The lowest BCUT2D eigenvalue weighted by atomic mass is 10.1. The summed E-state index contributed by atoms with van der Waals surface area (Å²) < 4.78 is 34.6. The van der Waals surface area contributed by atoms with Crippen molar-refractivity contribution in [1.29, 1.82) is 5.26 Å². The number of carbonyl (C=O) groups excluding carboxylic acids is 1. The summed E-state index contributed by atoms with van der Waals surface area (Å²) in [5, 5.41) is 17.1. The smallest absolute Gasteiger partial charge is 0.266 e. The molecule has 0 saturated heterocycles. The maximum absolute atomic E-state index is 12.6. The second-order valence-electron chi connectivity index (χ2n) is 7.00. The topological polar surface area (TPSA) is 132 Å². The minimum Gasteiger partial charge on any atom is -0.493 e. The summed E-state index contributed by atoms with van der Waals surface area (Å²) in [4.78, 5) is 12.5. The second kappa shape index (κ2) is 11.0. The molecule has 3 aromatic carbocycles. The van der Waals surface area contributed by atoms with Crippen LogP contribution in [0.1, 0.15) is 11.1 Å². The second-order valence-corrected chi connectivity index (χ2v) is 9.42. The van der Waals surface area contributed by atoms with E-state index in [4.69, 9.17) is 14.6 Å². The van der Waals surface area contributed by atoms with Gasteiger partial charge in [0.1, 0.15) is 18.2 Å². The molecule has 174 valence electrons. The molecule has 0 aliphatic rings. The van der Waals surface area contributed by atoms with Crippen molar-refractivity contribution in [2.24, 2.45) is 5.14 Å². The third-order valence-electron chi connectivity index (χ3n) is 4.59. The van der Waals surface area contributed by atoms with E-state index < -0.39 is 15.9 Å². The van der Waals surface area contributed by atoms with Crippen LogP contribution in [0.5, 0.6) is 11.5 Å². The van der Waals surface area contributed by atoms with Crippen molar-refractivity contribution in [1.82, 2.24) is 0 Å². The molecule has 0 heterocycles. The monoisotopic (exact) mass is 541 g/mol. The molecule has 0 aliphatic heterocycles. The first-order chi connectivity index (χ1) is 16.2. The highest BCUT2D eigenvalue weighted by atomic mass is 79.9. The summed E-state index contributed by atoms with van der Waals surface area (Å²) in [5.74, 6) is 0.250. The molecular formula is C24H20BrN3O5S. The number of sulfonamides is 1. The van der Waals surface area contributed by atoms with Crippen molar-refractivity contribution in [2.45, 2.75) is 11.5 Å². The normalized spacial score (nSPS) is 11.4. The molecule has 3 aromatic rings. The highest BCUT2D eigenvalue weighted by molar-refractivity contribution is 9.10. The van der Waals surface area contributed by atoms with E-state index in [9.17, 15) is 18.5 Å². The van der Waals surface area contributed by atoms with Gasteiger partial charge in [-0.25, -0.2) is 13.6 Å². The minimum absolute atomic E-state index is 0.0898. The number of halogens is 1. The molecule has 0 saturated carbocycles. The molecule has 0 bridgehead atoms. The molecule has 8 nitrogen and oxygen atoms in total. The first-order valence-corrected chi connectivity index (χ1v) is 12.2. The molecule has 34 heavy (non-hydrogen) atoms. The van der Waals surface area contributed by atoms with E-state index in [-0.39, 0.29) is 10.5 Å². The number of nitrogens with one attached hydrogen (secondary N) is 1. The Morgan fingerprint density at radius 3 is 2.41 bits per heavy atom. The number of nitriles is 1. The molecule has 0 atom stereocenters. The first-order valence-electron chi connectivity index (χ1n) is 9.81. The highest BCUT2D eigenvalue weighted by Gasteiger charge is 2.15. The number of methoxy groups -OCH3 is 1. The third-order valence-corrected chi connectivity index (χ3v) is 6.11. The van der Waals surface area contributed by atoms with Crippen molar-refractivity contribution >= 4 is 43.6 Å². The predicted octanol–water partition coefficient (Wildman–Crippen LogP) is 4.23. The van der Waals surface area contributed by atoms with Crippen LogP contribution < -0.4 is 19.9 Å². The summed E-state index contributed by atoms with van der Waals surface area (Å²) in [6, 6.07) is 20.1. The fourth-order valence-electron chi connectivity index (χ4n) is 2.93. The Morgan fingerprint density at radius 1 is 1.15 bits per heavy atom. The van der Waals surface area contributed by atoms with E-state index in [0.717, 1.165) is 5.56 Å². The zero-order chi connectivity index (χ0) is 24.7. The molecule has 3 N–H and O–H groups in total. The predicted molar refractivity (Wildman–Crippen MR) is 132 cm³/mol. The molecule has 0 aromatic heterocycles. The summed E-state index contributed by atoms with van der Waals surface area (Å²) in [7, 11) is -2.35. The molecule has 1 amide bonds. The number of nitrogens with two attached hydrogens (primary N) is 1. The van der Waals surface area contributed by atoms with Crippen LogP contribution in [0.3, 0.4) is 0 Å². The van der Waals surface area contributed by atoms with Crippen LogP contribution in [0.4, 0.5) is 5.69 Å². The van der Waals surface area contributed by atoms with Gasteiger partial charge >= 0.3 is 0 Å². The Balaban J connectivity index is 1.80. The van der Waals surface area contributed by atoms with E-state index >= 15 is 0 Å². The number of amides is 1. The number of hydrogen-bond acceptors (Lipinski definition) is 6. The average molecular weight is 542 g/mol. The van der Waals surface area contributed by atoms with E-state index in [1.807, 2.05) is 36.4 Å². The molecule has 0 radical (unpaired) electrons. The van der Waals surface area contributed by atoms with Crippen LogP contribution in [0.15, 0.2) is 81.7 Å². The fourth-order valence-corrected chi connectivity index (χ4v) is 4.02. The van der Waals surface area contributed by atoms with Crippen molar-refractivity contribution < 1.29 is 22.7 Å². The van der Waals surface area contributed by atoms with Crippen molar-refractivity contribution in [3.63, 3.8) is 0 Å². The Hall–Kier alpha value is -3.65. The lowest BCUT2D eigenvalue weighted by Gasteiger charge is -2.14. The van der Waals surface area contributed by atoms with Crippen LogP contribution >= 0.6 is 15.9 Å². The van der Waals surface area contributed by atoms with Gasteiger partial charge in [-0.05, 0) is 69.5 Å². The summed E-state index contributed by atoms with van der Waals surface area (Å²) >= 11 is 3.46. The number of nitrogens with zero attached hydrogens (tertiary/aromatic N) is 1. The third kappa shape index (κ3) is 6.45. The molecule has 0 unspecified atom stereocenters. The zero-order valence-electron chi connectivity index (χ0n) is 18.0. The zero-order valence-corrected chi connectivity index (χ0v) is 20.4. The van der Waals surface area contributed by atoms with Gasteiger partial charge in [0.15, 0.2) is 11.5 Å². The number of ether oxygens (including phenoxy) is 2. The summed E-state index contributed by atoms with van der Waals surface area (Å²) in [6.45, 7) is 0.334. The van der Waals surface area contributed by atoms with Crippen LogP contribution in [0, 0.1) is 11.3 Å². The maximum atomic E-state index is 12.6. The van der Waals surface area contributed by atoms with Gasteiger partial charge in [-0.2, -0.15) is 5.26 Å². The molecule has 0 spiro atoms. The Bertz CT molecular complexity index is 1370.